The topological polar surface area (TPSA) is 40.6 Å². The van der Waals surface area contributed by atoms with E-state index in [2.05, 4.69) is 4.90 Å². The molecule has 3 rings (SSSR count). The first-order valence-electron chi connectivity index (χ1n) is 9.56. The van der Waals surface area contributed by atoms with Gasteiger partial charge in [0.05, 0.1) is 5.75 Å². The zero-order valence-corrected chi connectivity index (χ0v) is 16.1. The third-order valence-corrected chi connectivity index (χ3v) is 7.73. The highest BCUT2D eigenvalue weighted by Crippen LogP contribution is 2.32. The molecule has 0 radical (unpaired) electrons. The number of hydrogen-bond donors (Lipinski definition) is 0. The molecular weight excluding hydrogens is 358 g/mol. The molecule has 2 aliphatic heterocycles. The van der Waals surface area contributed by atoms with Crippen LogP contribution in [0.3, 0.4) is 0 Å². The van der Waals surface area contributed by atoms with Gasteiger partial charge in [-0.05, 0) is 63.3 Å². The van der Waals surface area contributed by atoms with Gasteiger partial charge in [0.15, 0.2) is 0 Å². The average Bonchev–Trinajstić information content (AvgIpc) is 2.65. The van der Waals surface area contributed by atoms with E-state index in [4.69, 9.17) is 0 Å². The van der Waals surface area contributed by atoms with E-state index in [0.29, 0.717) is 37.2 Å². The second-order valence-electron chi connectivity index (χ2n) is 7.41. The molecule has 146 valence electrons. The van der Waals surface area contributed by atoms with E-state index in [0.717, 1.165) is 44.7 Å². The Kier molecular flexibility index (Phi) is 6.30. The van der Waals surface area contributed by atoms with E-state index >= 15 is 0 Å². The molecule has 2 aliphatic rings. The van der Waals surface area contributed by atoms with E-state index in [1.807, 2.05) is 0 Å². The average molecular weight is 387 g/mol. The minimum absolute atomic E-state index is 0.145. The Balaban J connectivity index is 1.67. The van der Waals surface area contributed by atoms with Crippen molar-refractivity contribution in [2.24, 2.45) is 5.92 Å². The number of sulfonamides is 1. The molecule has 0 spiro atoms. The fraction of sp³-hybridized carbons (Fsp3) is 0.684. The SMILES string of the molecule is CCS(=O)(=O)N1CCC(C2CCCCN2Cc2cc(F)ccc2F)CC1. The van der Waals surface area contributed by atoms with Gasteiger partial charge in [0, 0.05) is 31.2 Å². The van der Waals surface area contributed by atoms with Gasteiger partial charge in [-0.2, -0.15) is 0 Å². The summed E-state index contributed by atoms with van der Waals surface area (Å²) in [5, 5.41) is 0. The van der Waals surface area contributed by atoms with Crippen molar-refractivity contribution in [3.05, 3.63) is 35.4 Å². The highest BCUT2D eigenvalue weighted by atomic mass is 32.2. The summed E-state index contributed by atoms with van der Waals surface area (Å²) in [7, 11) is -3.12. The molecule has 0 aliphatic carbocycles. The first-order chi connectivity index (χ1) is 12.4. The number of nitrogens with zero attached hydrogens (tertiary/aromatic N) is 2. The van der Waals surface area contributed by atoms with Crippen molar-refractivity contribution >= 4 is 10.0 Å². The molecule has 1 aromatic carbocycles. The van der Waals surface area contributed by atoms with Crippen LogP contribution < -0.4 is 0 Å². The highest BCUT2D eigenvalue weighted by molar-refractivity contribution is 7.89. The zero-order chi connectivity index (χ0) is 18.7. The number of halogens is 2. The third-order valence-electron chi connectivity index (χ3n) is 5.85. The van der Waals surface area contributed by atoms with Gasteiger partial charge in [-0.3, -0.25) is 4.90 Å². The van der Waals surface area contributed by atoms with Crippen molar-refractivity contribution in [2.45, 2.75) is 51.6 Å². The molecule has 2 fully saturated rings. The molecule has 1 atom stereocenters. The lowest BCUT2D eigenvalue weighted by atomic mass is 9.84. The largest absolute Gasteiger partial charge is 0.296 e. The van der Waals surface area contributed by atoms with Gasteiger partial charge in [0.2, 0.25) is 10.0 Å². The number of benzene rings is 1. The summed E-state index contributed by atoms with van der Waals surface area (Å²) in [5.74, 6) is -0.214. The second kappa shape index (κ2) is 8.31. The maximum atomic E-state index is 14.0. The quantitative estimate of drug-likeness (QED) is 0.779. The molecule has 0 N–H and O–H groups in total. The Labute approximate surface area is 155 Å². The smallest absolute Gasteiger partial charge is 0.213 e. The molecule has 0 bridgehead atoms. The van der Waals surface area contributed by atoms with Crippen molar-refractivity contribution in [2.75, 3.05) is 25.4 Å². The Morgan fingerprint density at radius 2 is 1.81 bits per heavy atom. The molecule has 0 aromatic heterocycles. The standard InChI is InChI=1S/C19H28F2N2O2S/c1-2-26(24,25)23-11-8-15(9-12-23)19-5-3-4-10-22(19)14-16-13-17(20)6-7-18(16)21/h6-7,13,15,19H,2-5,8-12,14H2,1H3. The predicted molar refractivity (Wildman–Crippen MR) is 98.2 cm³/mol. The van der Waals surface area contributed by atoms with Crippen molar-refractivity contribution in [3.63, 3.8) is 0 Å². The van der Waals surface area contributed by atoms with Gasteiger partial charge in [-0.15, -0.1) is 0 Å². The molecule has 4 nitrogen and oxygen atoms in total. The van der Waals surface area contributed by atoms with Crippen LogP contribution in [0.15, 0.2) is 18.2 Å². The Morgan fingerprint density at radius 1 is 1.08 bits per heavy atom. The van der Waals surface area contributed by atoms with Crippen molar-refractivity contribution in [1.82, 2.24) is 9.21 Å². The van der Waals surface area contributed by atoms with Gasteiger partial charge in [-0.25, -0.2) is 21.5 Å². The fourth-order valence-corrected chi connectivity index (χ4v) is 5.48. The molecule has 0 amide bonds. The summed E-state index contributed by atoms with van der Waals surface area (Å²) < 4.78 is 53.2. The van der Waals surface area contributed by atoms with Crippen LogP contribution in [-0.2, 0) is 16.6 Å². The van der Waals surface area contributed by atoms with Crippen molar-refractivity contribution < 1.29 is 17.2 Å². The van der Waals surface area contributed by atoms with Crippen LogP contribution in [0, 0.1) is 17.6 Å². The van der Waals surface area contributed by atoms with Crippen LogP contribution >= 0.6 is 0 Å². The van der Waals surface area contributed by atoms with Crippen LogP contribution in [0.4, 0.5) is 8.78 Å². The monoisotopic (exact) mass is 386 g/mol. The van der Waals surface area contributed by atoms with E-state index < -0.39 is 15.8 Å². The minimum atomic E-state index is -3.12. The van der Waals surface area contributed by atoms with Crippen LogP contribution in [0.2, 0.25) is 0 Å². The summed E-state index contributed by atoms with van der Waals surface area (Å²) in [6, 6.07) is 3.95. The molecule has 7 heteroatoms. The van der Waals surface area contributed by atoms with Crippen molar-refractivity contribution in [1.29, 1.82) is 0 Å². The van der Waals surface area contributed by atoms with E-state index in [1.54, 1.807) is 11.2 Å². The summed E-state index contributed by atoms with van der Waals surface area (Å²) in [5.41, 5.74) is 0.405. The highest BCUT2D eigenvalue weighted by Gasteiger charge is 2.35. The van der Waals surface area contributed by atoms with Crippen LogP contribution in [-0.4, -0.2) is 49.1 Å². The third kappa shape index (κ3) is 4.43. The van der Waals surface area contributed by atoms with E-state index in [1.165, 1.54) is 12.1 Å². The number of likely N-dealkylation sites (tertiary alicyclic amines) is 1. The normalized spacial score (nSPS) is 24.0. The summed E-state index contributed by atoms with van der Waals surface area (Å²) in [4.78, 5) is 2.27. The number of piperidine rings is 2. The van der Waals surface area contributed by atoms with Crippen LogP contribution in [0.25, 0.3) is 0 Å². The molecule has 0 saturated carbocycles. The van der Waals surface area contributed by atoms with Crippen LogP contribution in [0.1, 0.15) is 44.6 Å². The van der Waals surface area contributed by atoms with Gasteiger partial charge >= 0.3 is 0 Å². The lowest BCUT2D eigenvalue weighted by molar-refractivity contribution is 0.0675. The lowest BCUT2D eigenvalue weighted by Gasteiger charge is -2.43. The number of rotatable bonds is 5. The predicted octanol–water partition coefficient (Wildman–Crippen LogP) is 3.38. The maximum absolute atomic E-state index is 14.0. The zero-order valence-electron chi connectivity index (χ0n) is 15.3. The Morgan fingerprint density at radius 3 is 2.50 bits per heavy atom. The maximum Gasteiger partial charge on any atom is 0.213 e. The van der Waals surface area contributed by atoms with Gasteiger partial charge < -0.3 is 0 Å². The fourth-order valence-electron chi connectivity index (χ4n) is 4.35. The molecule has 1 aromatic rings. The lowest BCUT2D eigenvalue weighted by Crippen LogP contribution is -2.48. The van der Waals surface area contributed by atoms with Gasteiger partial charge in [0.1, 0.15) is 11.6 Å². The first-order valence-corrected chi connectivity index (χ1v) is 11.2. The summed E-state index contributed by atoms with van der Waals surface area (Å²) >= 11 is 0. The summed E-state index contributed by atoms with van der Waals surface area (Å²) in [6.45, 7) is 4.12. The molecule has 1 unspecified atom stereocenters. The molecule has 2 saturated heterocycles. The Bertz CT molecular complexity index is 718. The molecular formula is C19H28F2N2O2S. The Hall–Kier alpha value is -1.05. The molecule has 2 heterocycles. The second-order valence-corrected chi connectivity index (χ2v) is 9.66. The van der Waals surface area contributed by atoms with Gasteiger partial charge in [0.25, 0.3) is 0 Å². The van der Waals surface area contributed by atoms with E-state index in [9.17, 15) is 17.2 Å². The molecule has 26 heavy (non-hydrogen) atoms. The minimum Gasteiger partial charge on any atom is -0.296 e. The van der Waals surface area contributed by atoms with Gasteiger partial charge in [-0.1, -0.05) is 6.42 Å². The van der Waals surface area contributed by atoms with Crippen LogP contribution in [0.5, 0.6) is 0 Å². The number of hydrogen-bond acceptors (Lipinski definition) is 3. The van der Waals surface area contributed by atoms with E-state index in [-0.39, 0.29) is 11.6 Å². The first kappa shape index (κ1) is 19.7. The van der Waals surface area contributed by atoms with Crippen molar-refractivity contribution in [3.8, 4) is 0 Å². The summed E-state index contributed by atoms with van der Waals surface area (Å²) in [6.07, 6.45) is 4.93.